The maximum Gasteiger partial charge on any atom is 0.246 e. The maximum absolute atomic E-state index is 12.6. The van der Waals surface area contributed by atoms with Crippen molar-refractivity contribution in [2.45, 2.75) is 19.9 Å². The number of methoxy groups -OCH3 is 2. The summed E-state index contributed by atoms with van der Waals surface area (Å²) < 4.78 is 10.7. The van der Waals surface area contributed by atoms with Gasteiger partial charge in [0.05, 0.1) is 14.2 Å². The molecule has 1 amide bonds. The molecule has 0 aliphatic carbocycles. The molecule has 136 valence electrons. The molecular formula is C21H22ClNO3. The van der Waals surface area contributed by atoms with Crippen LogP contribution in [0.1, 0.15) is 22.3 Å². The lowest BCUT2D eigenvalue weighted by atomic mass is 9.98. The molecule has 1 aliphatic rings. The first-order valence-electron chi connectivity index (χ1n) is 8.48. The number of hydrogen-bond acceptors (Lipinski definition) is 3. The SMILES string of the molecule is COc1cc2c(cc1OC)CN(C(=O)/C=C/c1ccc(C)c(Cl)c1)CC2. The predicted octanol–water partition coefficient (Wildman–Crippen LogP) is 4.26. The molecule has 0 N–H and O–H groups in total. The minimum atomic E-state index is -0.0119. The highest BCUT2D eigenvalue weighted by Crippen LogP contribution is 2.33. The molecule has 5 heteroatoms. The highest BCUT2D eigenvalue weighted by Gasteiger charge is 2.21. The minimum Gasteiger partial charge on any atom is -0.493 e. The molecule has 0 aromatic heterocycles. The van der Waals surface area contributed by atoms with Gasteiger partial charge in [-0.15, -0.1) is 0 Å². The second kappa shape index (κ2) is 7.83. The Morgan fingerprint density at radius 2 is 1.81 bits per heavy atom. The second-order valence-electron chi connectivity index (χ2n) is 6.33. The zero-order chi connectivity index (χ0) is 18.7. The van der Waals surface area contributed by atoms with Crippen LogP contribution in [0.15, 0.2) is 36.4 Å². The standard InChI is InChI=1S/C21H22ClNO3/c1-14-4-5-15(10-18(14)22)6-7-21(24)23-9-8-16-11-19(25-2)20(26-3)12-17(16)13-23/h4-7,10-12H,8-9,13H2,1-3H3/b7-6+. The van der Waals surface area contributed by atoms with Crippen LogP contribution in [0.3, 0.4) is 0 Å². The van der Waals surface area contributed by atoms with Crippen LogP contribution in [-0.4, -0.2) is 31.6 Å². The molecule has 3 rings (SSSR count). The number of fused-ring (bicyclic) bond motifs is 1. The highest BCUT2D eigenvalue weighted by molar-refractivity contribution is 6.31. The Balaban J connectivity index is 1.74. The van der Waals surface area contributed by atoms with E-state index in [-0.39, 0.29) is 5.91 Å². The molecule has 0 atom stereocenters. The smallest absolute Gasteiger partial charge is 0.246 e. The summed E-state index contributed by atoms with van der Waals surface area (Å²) in [7, 11) is 3.25. The molecule has 4 nitrogen and oxygen atoms in total. The van der Waals surface area contributed by atoms with E-state index in [1.54, 1.807) is 26.4 Å². The number of carbonyl (C=O) groups excluding carboxylic acids is 1. The predicted molar refractivity (Wildman–Crippen MR) is 104 cm³/mol. The fourth-order valence-corrected chi connectivity index (χ4v) is 3.25. The van der Waals surface area contributed by atoms with Gasteiger partial charge in [-0.1, -0.05) is 23.7 Å². The van der Waals surface area contributed by atoms with E-state index < -0.39 is 0 Å². The van der Waals surface area contributed by atoms with Gasteiger partial charge in [0.15, 0.2) is 11.5 Å². The van der Waals surface area contributed by atoms with Gasteiger partial charge < -0.3 is 14.4 Å². The molecule has 2 aromatic carbocycles. The summed E-state index contributed by atoms with van der Waals surface area (Å²) in [4.78, 5) is 14.4. The van der Waals surface area contributed by atoms with Crippen molar-refractivity contribution >= 4 is 23.6 Å². The number of carbonyl (C=O) groups is 1. The molecule has 0 saturated heterocycles. The number of halogens is 1. The van der Waals surface area contributed by atoms with Crippen LogP contribution in [0.5, 0.6) is 11.5 Å². The van der Waals surface area contributed by atoms with Crippen LogP contribution in [0, 0.1) is 6.92 Å². The number of ether oxygens (including phenoxy) is 2. The number of aryl methyl sites for hydroxylation is 1. The first-order chi connectivity index (χ1) is 12.5. The van der Waals surface area contributed by atoms with E-state index in [1.165, 1.54) is 5.56 Å². The van der Waals surface area contributed by atoms with Crippen molar-refractivity contribution in [2.75, 3.05) is 20.8 Å². The van der Waals surface area contributed by atoms with E-state index in [0.717, 1.165) is 28.9 Å². The van der Waals surface area contributed by atoms with Gasteiger partial charge in [-0.25, -0.2) is 0 Å². The topological polar surface area (TPSA) is 38.8 Å². The van der Waals surface area contributed by atoms with Gasteiger partial charge >= 0.3 is 0 Å². The maximum atomic E-state index is 12.6. The van der Waals surface area contributed by atoms with Gasteiger partial charge in [0, 0.05) is 24.2 Å². The Hall–Kier alpha value is -2.46. The van der Waals surface area contributed by atoms with E-state index in [1.807, 2.05) is 42.2 Å². The van der Waals surface area contributed by atoms with E-state index in [2.05, 4.69) is 0 Å². The van der Waals surface area contributed by atoms with Crippen LogP contribution < -0.4 is 9.47 Å². The number of amides is 1. The Morgan fingerprint density at radius 3 is 2.46 bits per heavy atom. The molecular weight excluding hydrogens is 350 g/mol. The van der Waals surface area contributed by atoms with Crippen LogP contribution >= 0.6 is 11.6 Å². The second-order valence-corrected chi connectivity index (χ2v) is 6.73. The van der Waals surface area contributed by atoms with Crippen molar-refractivity contribution in [1.29, 1.82) is 0 Å². The lowest BCUT2D eigenvalue weighted by molar-refractivity contribution is -0.126. The highest BCUT2D eigenvalue weighted by atomic mass is 35.5. The van der Waals surface area contributed by atoms with E-state index >= 15 is 0 Å². The summed E-state index contributed by atoms with van der Waals surface area (Å²) in [6, 6.07) is 9.72. The van der Waals surface area contributed by atoms with Gasteiger partial charge in [-0.05, 0) is 59.9 Å². The minimum absolute atomic E-state index is 0.0119. The summed E-state index contributed by atoms with van der Waals surface area (Å²) in [6.45, 7) is 3.20. The summed E-state index contributed by atoms with van der Waals surface area (Å²) in [5.74, 6) is 1.40. The van der Waals surface area contributed by atoms with E-state index in [9.17, 15) is 4.79 Å². The number of benzene rings is 2. The largest absolute Gasteiger partial charge is 0.493 e. The van der Waals surface area contributed by atoms with Gasteiger partial charge in [0.1, 0.15) is 0 Å². The van der Waals surface area contributed by atoms with Crippen LogP contribution in [0.4, 0.5) is 0 Å². The summed E-state index contributed by atoms with van der Waals surface area (Å²) in [5, 5.41) is 0.701. The molecule has 0 spiro atoms. The zero-order valence-corrected chi connectivity index (χ0v) is 16.0. The Bertz CT molecular complexity index is 861. The van der Waals surface area contributed by atoms with Crippen molar-refractivity contribution in [2.24, 2.45) is 0 Å². The third-order valence-electron chi connectivity index (χ3n) is 4.64. The first-order valence-corrected chi connectivity index (χ1v) is 8.86. The molecule has 2 aromatic rings. The lowest BCUT2D eigenvalue weighted by Gasteiger charge is -2.28. The average molecular weight is 372 g/mol. The fraction of sp³-hybridized carbons (Fsp3) is 0.286. The summed E-state index contributed by atoms with van der Waals surface area (Å²) in [5.41, 5.74) is 4.22. The van der Waals surface area contributed by atoms with Gasteiger partial charge in [0.25, 0.3) is 0 Å². The van der Waals surface area contributed by atoms with Gasteiger partial charge in [-0.2, -0.15) is 0 Å². The molecule has 1 heterocycles. The monoisotopic (exact) mass is 371 g/mol. The third kappa shape index (κ3) is 3.86. The molecule has 0 radical (unpaired) electrons. The Kier molecular flexibility index (Phi) is 5.52. The van der Waals surface area contributed by atoms with Crippen molar-refractivity contribution in [1.82, 2.24) is 4.90 Å². The quantitative estimate of drug-likeness (QED) is 0.753. The molecule has 0 saturated carbocycles. The molecule has 1 aliphatic heterocycles. The molecule has 26 heavy (non-hydrogen) atoms. The zero-order valence-electron chi connectivity index (χ0n) is 15.2. The van der Waals surface area contributed by atoms with Gasteiger partial charge in [0.2, 0.25) is 5.91 Å². The Morgan fingerprint density at radius 1 is 1.12 bits per heavy atom. The first kappa shape index (κ1) is 18.3. The van der Waals surface area contributed by atoms with Crippen LogP contribution in [0.25, 0.3) is 6.08 Å². The van der Waals surface area contributed by atoms with Crippen molar-refractivity contribution < 1.29 is 14.3 Å². The molecule has 0 unspecified atom stereocenters. The normalized spacial score (nSPS) is 13.6. The van der Waals surface area contributed by atoms with E-state index in [0.29, 0.717) is 23.9 Å². The molecule has 0 fully saturated rings. The molecule has 0 bridgehead atoms. The van der Waals surface area contributed by atoms with Crippen molar-refractivity contribution in [3.8, 4) is 11.5 Å². The summed E-state index contributed by atoms with van der Waals surface area (Å²) >= 11 is 6.14. The number of hydrogen-bond donors (Lipinski definition) is 0. The number of nitrogens with zero attached hydrogens (tertiary/aromatic N) is 1. The van der Waals surface area contributed by atoms with Crippen LogP contribution in [0.2, 0.25) is 5.02 Å². The van der Waals surface area contributed by atoms with E-state index in [4.69, 9.17) is 21.1 Å². The van der Waals surface area contributed by atoms with Gasteiger partial charge in [-0.3, -0.25) is 4.79 Å². The number of rotatable bonds is 4. The van der Waals surface area contributed by atoms with Crippen molar-refractivity contribution in [3.05, 3.63) is 63.7 Å². The van der Waals surface area contributed by atoms with Crippen LogP contribution in [-0.2, 0) is 17.8 Å². The summed E-state index contributed by atoms with van der Waals surface area (Å²) in [6.07, 6.45) is 4.20. The Labute approximate surface area is 159 Å². The lowest BCUT2D eigenvalue weighted by Crippen LogP contribution is -2.34. The third-order valence-corrected chi connectivity index (χ3v) is 5.05. The average Bonchev–Trinajstić information content (AvgIpc) is 2.66. The van der Waals surface area contributed by atoms with Crippen molar-refractivity contribution in [3.63, 3.8) is 0 Å². The fourth-order valence-electron chi connectivity index (χ4n) is 3.06.